The van der Waals surface area contributed by atoms with E-state index in [1.165, 1.54) is 42.4 Å². The number of nitrogens with one attached hydrogen (secondary N) is 1. The van der Waals surface area contributed by atoms with Gasteiger partial charge in [0.15, 0.2) is 4.96 Å². The molecule has 3 heterocycles. The molecule has 1 aliphatic carbocycles. The minimum atomic E-state index is -0.0685. The average molecular weight is 437 g/mol. The van der Waals surface area contributed by atoms with E-state index in [-0.39, 0.29) is 17.0 Å². The molecule has 1 saturated heterocycles. The van der Waals surface area contributed by atoms with Gasteiger partial charge >= 0.3 is 0 Å². The van der Waals surface area contributed by atoms with Gasteiger partial charge < -0.3 is 10.1 Å². The molecule has 0 aromatic carbocycles. The summed E-state index contributed by atoms with van der Waals surface area (Å²) >= 11 is 2.95. The van der Waals surface area contributed by atoms with Crippen molar-refractivity contribution in [3.63, 3.8) is 0 Å². The van der Waals surface area contributed by atoms with Gasteiger partial charge in [0.05, 0.1) is 24.7 Å². The van der Waals surface area contributed by atoms with Gasteiger partial charge in [-0.3, -0.25) is 18.9 Å². The van der Waals surface area contributed by atoms with Gasteiger partial charge in [0.1, 0.15) is 0 Å². The lowest BCUT2D eigenvalue weighted by atomic mass is 9.79. The van der Waals surface area contributed by atoms with Crippen LogP contribution < -0.4 is 10.9 Å². The fourth-order valence-electron chi connectivity index (χ4n) is 4.38. The van der Waals surface area contributed by atoms with Crippen LogP contribution in [-0.4, -0.2) is 64.3 Å². The number of thioether (sulfide) groups is 1. The summed E-state index contributed by atoms with van der Waals surface area (Å²) < 4.78 is 7.07. The lowest BCUT2D eigenvalue weighted by Crippen LogP contribution is -2.59. The summed E-state index contributed by atoms with van der Waals surface area (Å²) in [5.41, 5.74) is 0.747. The fourth-order valence-corrected chi connectivity index (χ4v) is 5.86. The smallest absolute Gasteiger partial charge is 0.258 e. The van der Waals surface area contributed by atoms with E-state index in [0.29, 0.717) is 23.0 Å². The van der Waals surface area contributed by atoms with Gasteiger partial charge in [-0.25, -0.2) is 4.98 Å². The van der Waals surface area contributed by atoms with Crippen LogP contribution in [0.4, 0.5) is 0 Å². The van der Waals surface area contributed by atoms with E-state index in [9.17, 15) is 9.59 Å². The summed E-state index contributed by atoms with van der Waals surface area (Å²) in [7, 11) is 0. The van der Waals surface area contributed by atoms with Crippen LogP contribution in [0.15, 0.2) is 22.4 Å². The predicted octanol–water partition coefficient (Wildman–Crippen LogP) is 2.14. The molecule has 0 bridgehead atoms. The Morgan fingerprint density at radius 2 is 2.07 bits per heavy atom. The van der Waals surface area contributed by atoms with Crippen molar-refractivity contribution in [1.82, 2.24) is 19.6 Å². The predicted molar refractivity (Wildman–Crippen MR) is 117 cm³/mol. The van der Waals surface area contributed by atoms with Crippen LogP contribution in [0.5, 0.6) is 0 Å². The Balaban J connectivity index is 1.28. The number of hydrogen-bond acceptors (Lipinski definition) is 7. The number of aromatic nitrogens is 2. The minimum absolute atomic E-state index is 0.0575. The molecular formula is C20H28N4O3S2. The van der Waals surface area contributed by atoms with E-state index >= 15 is 0 Å². The van der Waals surface area contributed by atoms with Crippen molar-refractivity contribution in [2.24, 2.45) is 0 Å². The number of amides is 1. The first kappa shape index (κ1) is 20.8. The lowest BCUT2D eigenvalue weighted by Gasteiger charge is -2.48. The molecule has 0 spiro atoms. The zero-order valence-corrected chi connectivity index (χ0v) is 18.2. The zero-order valence-electron chi connectivity index (χ0n) is 16.6. The second-order valence-corrected chi connectivity index (χ2v) is 9.65. The highest BCUT2D eigenvalue weighted by molar-refractivity contribution is 7.99. The molecule has 2 aromatic rings. The first-order chi connectivity index (χ1) is 14.2. The largest absolute Gasteiger partial charge is 0.379 e. The monoisotopic (exact) mass is 436 g/mol. The summed E-state index contributed by atoms with van der Waals surface area (Å²) in [5, 5.41) is 5.04. The quantitative estimate of drug-likeness (QED) is 0.717. The first-order valence-corrected chi connectivity index (χ1v) is 12.3. The molecule has 7 nitrogen and oxygen atoms in total. The second-order valence-electron chi connectivity index (χ2n) is 7.80. The van der Waals surface area contributed by atoms with Crippen LogP contribution in [0, 0.1) is 0 Å². The van der Waals surface area contributed by atoms with E-state index in [1.807, 2.05) is 5.38 Å². The number of thiazole rings is 1. The fraction of sp³-hybridized carbons (Fsp3) is 0.650. The van der Waals surface area contributed by atoms with Crippen LogP contribution >= 0.6 is 23.1 Å². The van der Waals surface area contributed by atoms with Crippen LogP contribution in [0.1, 0.15) is 37.8 Å². The van der Waals surface area contributed by atoms with Gasteiger partial charge in [-0.1, -0.05) is 19.3 Å². The number of rotatable bonds is 7. The number of carbonyl (C=O) groups is 1. The molecule has 9 heteroatoms. The van der Waals surface area contributed by atoms with Gasteiger partial charge in [-0.05, 0) is 12.8 Å². The Morgan fingerprint density at radius 3 is 2.86 bits per heavy atom. The van der Waals surface area contributed by atoms with E-state index in [0.717, 1.165) is 44.8 Å². The van der Waals surface area contributed by atoms with Crippen molar-refractivity contribution in [3.05, 3.63) is 33.7 Å². The third-order valence-corrected chi connectivity index (χ3v) is 7.64. The van der Waals surface area contributed by atoms with Gasteiger partial charge in [-0.15, -0.1) is 23.1 Å². The van der Waals surface area contributed by atoms with Crippen LogP contribution in [0.25, 0.3) is 4.96 Å². The number of hydrogen-bond donors (Lipinski definition) is 1. The van der Waals surface area contributed by atoms with Gasteiger partial charge in [0, 0.05) is 48.6 Å². The van der Waals surface area contributed by atoms with E-state index in [4.69, 9.17) is 4.74 Å². The first-order valence-electron chi connectivity index (χ1n) is 10.3. The number of fused-ring (bicyclic) bond motifs is 1. The average Bonchev–Trinajstić information content (AvgIpc) is 3.23. The highest BCUT2D eigenvalue weighted by Crippen LogP contribution is 2.33. The highest BCUT2D eigenvalue weighted by Gasteiger charge is 2.38. The Hall–Kier alpha value is -1.42. The maximum Gasteiger partial charge on any atom is 0.258 e. The molecule has 1 amide bonds. The van der Waals surface area contributed by atoms with E-state index in [2.05, 4.69) is 15.2 Å². The van der Waals surface area contributed by atoms with Gasteiger partial charge in [-0.2, -0.15) is 0 Å². The molecule has 2 aromatic heterocycles. The van der Waals surface area contributed by atoms with Crippen molar-refractivity contribution in [2.75, 3.05) is 38.6 Å². The molecular weight excluding hydrogens is 408 g/mol. The molecule has 1 aliphatic heterocycles. The summed E-state index contributed by atoms with van der Waals surface area (Å²) in [6, 6.07) is 1.56. The summed E-state index contributed by atoms with van der Waals surface area (Å²) in [6.07, 6.45) is 7.78. The van der Waals surface area contributed by atoms with Crippen LogP contribution in [0.3, 0.4) is 0 Å². The third kappa shape index (κ3) is 5.02. The Morgan fingerprint density at radius 1 is 1.28 bits per heavy atom. The normalized spacial score (nSPS) is 20.0. The Kier molecular flexibility index (Phi) is 6.89. The van der Waals surface area contributed by atoms with E-state index < -0.39 is 0 Å². The lowest BCUT2D eigenvalue weighted by molar-refractivity contribution is -0.119. The van der Waals surface area contributed by atoms with Crippen LogP contribution in [0.2, 0.25) is 0 Å². The topological polar surface area (TPSA) is 75.9 Å². The molecule has 2 fully saturated rings. The Bertz CT molecular complexity index is 885. The number of carbonyl (C=O) groups excluding carboxylic acids is 1. The van der Waals surface area contributed by atoms with Gasteiger partial charge in [0.25, 0.3) is 5.56 Å². The zero-order chi connectivity index (χ0) is 20.1. The molecule has 1 saturated carbocycles. The van der Waals surface area contributed by atoms with Crippen molar-refractivity contribution in [1.29, 1.82) is 0 Å². The van der Waals surface area contributed by atoms with E-state index in [1.54, 1.807) is 16.7 Å². The summed E-state index contributed by atoms with van der Waals surface area (Å²) in [6.45, 7) is 4.20. The third-order valence-electron chi connectivity index (χ3n) is 5.92. The Labute approximate surface area is 178 Å². The molecule has 29 heavy (non-hydrogen) atoms. The van der Waals surface area contributed by atoms with Crippen molar-refractivity contribution in [3.8, 4) is 0 Å². The molecule has 0 unspecified atom stereocenters. The molecule has 4 rings (SSSR count). The number of morpholine rings is 1. The molecule has 0 radical (unpaired) electrons. The number of nitrogens with zero attached hydrogens (tertiary/aromatic N) is 3. The van der Waals surface area contributed by atoms with Crippen molar-refractivity contribution >= 4 is 34.0 Å². The summed E-state index contributed by atoms with van der Waals surface area (Å²) in [5.74, 6) is 0.998. The number of ether oxygens (including phenoxy) is 1. The molecule has 0 atom stereocenters. The SMILES string of the molecule is O=C(CSCc1cc(=O)n2ccsc2n1)NCC1(N2CCOCC2)CCCCC1. The summed E-state index contributed by atoms with van der Waals surface area (Å²) in [4.78, 5) is 32.3. The maximum absolute atomic E-state index is 12.5. The van der Waals surface area contributed by atoms with Gasteiger partial charge in [0.2, 0.25) is 5.91 Å². The van der Waals surface area contributed by atoms with Crippen molar-refractivity contribution < 1.29 is 9.53 Å². The standard InChI is InChI=1S/C20H28N4O3S2/c25-17(14-28-13-16-12-18(26)24-8-11-29-19(24)22-16)21-15-20(4-2-1-3-5-20)23-6-9-27-10-7-23/h8,11-12H,1-7,9-10,13-15H2,(H,21,25). The maximum atomic E-state index is 12.5. The second kappa shape index (κ2) is 9.59. The highest BCUT2D eigenvalue weighted by atomic mass is 32.2. The van der Waals surface area contributed by atoms with Crippen LogP contribution in [-0.2, 0) is 15.3 Å². The molecule has 158 valence electrons. The minimum Gasteiger partial charge on any atom is -0.379 e. The molecule has 2 aliphatic rings. The van der Waals surface area contributed by atoms with Crippen molar-refractivity contribution in [2.45, 2.75) is 43.4 Å². The molecule has 1 N–H and O–H groups in total.